The third-order valence-corrected chi connectivity index (χ3v) is 8.30. The fourth-order valence-corrected chi connectivity index (χ4v) is 6.59. The van der Waals surface area contributed by atoms with E-state index in [1.807, 2.05) is 0 Å². The Hall–Kier alpha value is -3.31. The molecule has 180 valence electrons. The number of carboxylic acids is 1. The van der Waals surface area contributed by atoms with Gasteiger partial charge in [0.05, 0.1) is 0 Å². The summed E-state index contributed by atoms with van der Waals surface area (Å²) in [6.45, 7) is 1.15. The van der Waals surface area contributed by atoms with Crippen LogP contribution in [0.25, 0.3) is 0 Å². The van der Waals surface area contributed by atoms with Crippen molar-refractivity contribution < 1.29 is 29.1 Å². The van der Waals surface area contributed by atoms with Gasteiger partial charge in [0.2, 0.25) is 16.9 Å². The third kappa shape index (κ3) is 4.16. The number of thioether (sulfide) groups is 1. The van der Waals surface area contributed by atoms with Crippen molar-refractivity contribution in [3.05, 3.63) is 16.1 Å². The fraction of sp³-hybridized carbons (Fsp3) is 0.412. The maximum atomic E-state index is 12.9. The number of amides is 3. The van der Waals surface area contributed by atoms with Gasteiger partial charge >= 0.3 is 5.97 Å². The molecule has 17 heteroatoms. The number of fused-ring (bicyclic) bond motifs is 1. The number of anilines is 2. The monoisotopic (exact) mass is 526 g/mol. The topological polar surface area (TPSA) is 202 Å². The summed E-state index contributed by atoms with van der Waals surface area (Å²) >= 11 is 3.26. The highest BCUT2D eigenvalue weighted by atomic mass is 32.2. The van der Waals surface area contributed by atoms with Crippen molar-refractivity contribution in [1.29, 1.82) is 0 Å². The van der Waals surface area contributed by atoms with Gasteiger partial charge in [-0.15, -0.1) is 33.3 Å². The lowest BCUT2D eigenvalue weighted by atomic mass is 9.88. The first kappa shape index (κ1) is 23.8. The largest absolute Gasteiger partial charge is 0.480 e. The van der Waals surface area contributed by atoms with E-state index in [1.54, 1.807) is 0 Å². The van der Waals surface area contributed by atoms with Crippen LogP contribution in [0.3, 0.4) is 0 Å². The number of aromatic nitrogens is 3. The average Bonchev–Trinajstić information content (AvgIpc) is 3.43. The van der Waals surface area contributed by atoms with Gasteiger partial charge in [-0.25, -0.2) is 4.98 Å². The molecule has 2 fully saturated rings. The Balaban J connectivity index is 1.49. The number of hydrogen-bond acceptors (Lipinski definition) is 13. The quantitative estimate of drug-likeness (QED) is 0.202. The Morgan fingerprint density at radius 1 is 1.38 bits per heavy atom. The first-order chi connectivity index (χ1) is 16.2. The Labute approximate surface area is 203 Å². The molecule has 5 N–H and O–H groups in total. The Bertz CT molecular complexity index is 1200. The van der Waals surface area contributed by atoms with Crippen LogP contribution in [0.15, 0.2) is 10.5 Å². The van der Waals surface area contributed by atoms with Gasteiger partial charge in [-0.3, -0.25) is 19.2 Å². The number of hydrogen-bond donors (Lipinski definition) is 4. The van der Waals surface area contributed by atoms with Gasteiger partial charge in [0.1, 0.15) is 34.6 Å². The highest BCUT2D eigenvalue weighted by molar-refractivity contribution is 8.00. The zero-order valence-electron chi connectivity index (χ0n) is 17.7. The number of nitrogens with one attached hydrogen (secondary N) is 2. The van der Waals surface area contributed by atoms with Crippen molar-refractivity contribution in [1.82, 2.24) is 25.4 Å². The fourth-order valence-electron chi connectivity index (χ4n) is 3.44. The highest BCUT2D eigenvalue weighted by Crippen LogP contribution is 2.44. The van der Waals surface area contributed by atoms with E-state index in [0.29, 0.717) is 0 Å². The van der Waals surface area contributed by atoms with E-state index < -0.39 is 34.6 Å². The molecule has 4 heterocycles. The molecule has 0 spiro atoms. The molecule has 34 heavy (non-hydrogen) atoms. The molecule has 0 aliphatic carbocycles. The lowest BCUT2D eigenvalue weighted by molar-refractivity contribution is -0.154. The maximum absolute atomic E-state index is 12.9. The summed E-state index contributed by atoms with van der Waals surface area (Å²) in [7, 11) is 1.27. The van der Waals surface area contributed by atoms with E-state index in [0.717, 1.165) is 22.7 Å². The van der Waals surface area contributed by atoms with E-state index >= 15 is 0 Å². The van der Waals surface area contributed by atoms with E-state index in [4.69, 9.17) is 10.6 Å². The second kappa shape index (κ2) is 9.15. The third-order valence-electron chi connectivity index (χ3n) is 5.06. The van der Waals surface area contributed by atoms with Crippen molar-refractivity contribution in [2.75, 3.05) is 30.5 Å². The van der Waals surface area contributed by atoms with Gasteiger partial charge in [0.25, 0.3) is 5.91 Å². The molecule has 3 amide bonds. The van der Waals surface area contributed by atoms with Crippen molar-refractivity contribution >= 4 is 74.1 Å². The molecular weight excluding hydrogens is 508 g/mol. The zero-order chi connectivity index (χ0) is 24.6. The van der Waals surface area contributed by atoms with Crippen LogP contribution in [0.1, 0.15) is 17.6 Å². The average molecular weight is 527 g/mol. The molecule has 2 aliphatic rings. The minimum atomic E-state index is -1.50. The first-order valence-electron chi connectivity index (χ1n) is 9.56. The minimum Gasteiger partial charge on any atom is -0.480 e. The van der Waals surface area contributed by atoms with Crippen LogP contribution in [0.4, 0.5) is 10.3 Å². The molecule has 4 rings (SSSR count). The van der Waals surface area contributed by atoms with Crippen LogP contribution in [0.5, 0.6) is 0 Å². The molecule has 0 saturated carbocycles. The van der Waals surface area contributed by atoms with Crippen LogP contribution < -0.4 is 16.4 Å². The summed E-state index contributed by atoms with van der Waals surface area (Å²) in [6.07, 6.45) is 0. The van der Waals surface area contributed by atoms with Crippen LogP contribution in [0, 0.1) is 0 Å². The van der Waals surface area contributed by atoms with E-state index in [1.165, 1.54) is 36.1 Å². The smallest absolute Gasteiger partial charge is 0.319 e. The summed E-state index contributed by atoms with van der Waals surface area (Å²) < 4.78 is 0. The second-order valence-electron chi connectivity index (χ2n) is 7.29. The summed E-state index contributed by atoms with van der Waals surface area (Å²) in [4.78, 5) is 59.3. The van der Waals surface area contributed by atoms with Gasteiger partial charge in [0, 0.05) is 24.6 Å². The van der Waals surface area contributed by atoms with Crippen molar-refractivity contribution in [3.63, 3.8) is 0 Å². The van der Waals surface area contributed by atoms with Gasteiger partial charge in [0.15, 0.2) is 10.8 Å². The Kier molecular flexibility index (Phi) is 6.41. The number of carboxylic acid groups (broad SMARTS) is 1. The Morgan fingerprint density at radius 3 is 2.76 bits per heavy atom. The summed E-state index contributed by atoms with van der Waals surface area (Å²) in [6, 6.07) is -0.883. The van der Waals surface area contributed by atoms with Crippen LogP contribution in [-0.2, 0) is 29.4 Å². The number of carbonyl (C=O) groups excluding carboxylic acids is 3. The summed E-state index contributed by atoms with van der Waals surface area (Å²) in [5, 5.41) is 28.2. The molecule has 2 unspecified atom stereocenters. The van der Waals surface area contributed by atoms with Crippen molar-refractivity contribution in [2.45, 2.75) is 23.8 Å². The molecule has 2 aromatic heterocycles. The Morgan fingerprint density at radius 2 is 2.15 bits per heavy atom. The molecule has 2 aliphatic heterocycles. The predicted molar refractivity (Wildman–Crippen MR) is 123 cm³/mol. The standard InChI is InChI=1S/C17H18N8O6S3/c1-6(26)19-16-23-22-13(34-16)17(14(29)30)4-25-11(28)9(12(25)33-5-17)21-10(27)8(24-31-2)7-3-32-15(18)20-7/h3,9,12H,4-5H2,1-2H3,(H2,18,20)(H,21,27)(H,29,30)(H,19,23,26)/t9?,12-,17?/m1/s1. The molecule has 0 aromatic carbocycles. The SMILES string of the molecule is CON=C(C(=O)NC1C(=O)N2CC(C(=O)O)(c3nnc(NC(C)=O)s3)CS[C@H]12)c1csc(N)n1. The molecule has 0 radical (unpaired) electrons. The molecule has 2 aromatic rings. The molecular formula is C17H18N8O6S3. The highest BCUT2D eigenvalue weighted by Gasteiger charge is 2.59. The molecule has 14 nitrogen and oxygen atoms in total. The molecule has 3 atom stereocenters. The van der Waals surface area contributed by atoms with Crippen molar-refractivity contribution in [3.8, 4) is 0 Å². The second-order valence-corrected chi connectivity index (χ2v) is 10.3. The number of aliphatic carboxylic acids is 1. The maximum Gasteiger partial charge on any atom is 0.319 e. The number of carbonyl (C=O) groups is 4. The van der Waals surface area contributed by atoms with Crippen molar-refractivity contribution in [2.24, 2.45) is 5.16 Å². The van der Waals surface area contributed by atoms with Gasteiger partial charge in [-0.05, 0) is 0 Å². The number of rotatable bonds is 7. The summed E-state index contributed by atoms with van der Waals surface area (Å²) in [5.74, 6) is -2.57. The van der Waals surface area contributed by atoms with Crippen LogP contribution in [0.2, 0.25) is 0 Å². The van der Waals surface area contributed by atoms with Crippen LogP contribution in [-0.4, -0.2) is 85.4 Å². The number of β-lactam (4-membered cyclic amide) rings is 1. The number of nitrogens with two attached hydrogens (primary N) is 1. The number of nitrogen functional groups attached to an aromatic ring is 1. The van der Waals surface area contributed by atoms with E-state index in [9.17, 15) is 24.3 Å². The lowest BCUT2D eigenvalue weighted by Crippen LogP contribution is -2.74. The number of thiazole rings is 1. The number of nitrogens with zero attached hydrogens (tertiary/aromatic N) is 5. The van der Waals surface area contributed by atoms with Gasteiger partial charge < -0.3 is 31.2 Å². The van der Waals surface area contributed by atoms with Gasteiger partial charge in [-0.1, -0.05) is 16.5 Å². The normalized spacial score (nSPS) is 24.1. The molecule has 0 bridgehead atoms. The zero-order valence-corrected chi connectivity index (χ0v) is 20.1. The summed E-state index contributed by atoms with van der Waals surface area (Å²) in [5.41, 5.74) is 4.19. The minimum absolute atomic E-state index is 0.0828. The molecule has 2 saturated heterocycles. The van der Waals surface area contributed by atoms with E-state index in [2.05, 4.69) is 31.0 Å². The predicted octanol–water partition coefficient (Wildman–Crippen LogP) is -0.692. The first-order valence-corrected chi connectivity index (χ1v) is 12.3. The number of oxime groups is 1. The van der Waals surface area contributed by atoms with Crippen LogP contribution >= 0.6 is 34.4 Å². The van der Waals surface area contributed by atoms with Gasteiger partial charge in [-0.2, -0.15) is 0 Å². The van der Waals surface area contributed by atoms with E-state index in [-0.39, 0.29) is 44.9 Å². The lowest BCUT2D eigenvalue weighted by Gasteiger charge is -2.53.